The summed E-state index contributed by atoms with van der Waals surface area (Å²) < 4.78 is 10.4. The first-order chi connectivity index (χ1) is 16.6. The van der Waals surface area contributed by atoms with Crippen molar-refractivity contribution in [2.45, 2.75) is 12.6 Å². The van der Waals surface area contributed by atoms with E-state index in [1.165, 1.54) is 29.7 Å². The highest BCUT2D eigenvalue weighted by molar-refractivity contribution is 6.04. The number of rotatable bonds is 9. The summed E-state index contributed by atoms with van der Waals surface area (Å²) in [7, 11) is 0. The van der Waals surface area contributed by atoms with Crippen molar-refractivity contribution in [2.24, 2.45) is 0 Å². The highest BCUT2D eigenvalue weighted by Crippen LogP contribution is 2.27. The standard InChI is InChI=1S/C25H22N4O5/c30-22(17-28-24(31)21-11-6-14-34-21)29(19-9-4-12-26-15-19)23(18-7-2-1-3-8-18)25(32)27-16-20-10-5-13-33-20/h1-15,23H,16-17H2,(H,27,32)(H,28,31)/t23-/m0/s1. The lowest BCUT2D eigenvalue weighted by Gasteiger charge is -2.31. The van der Waals surface area contributed by atoms with Gasteiger partial charge in [-0.05, 0) is 42.0 Å². The Labute approximate surface area is 195 Å². The summed E-state index contributed by atoms with van der Waals surface area (Å²) in [6.45, 7) is -0.206. The van der Waals surface area contributed by atoms with Crippen molar-refractivity contribution in [3.63, 3.8) is 0 Å². The number of aromatic nitrogens is 1. The Morgan fingerprint density at radius 2 is 1.68 bits per heavy atom. The lowest BCUT2D eigenvalue weighted by Crippen LogP contribution is -2.47. The number of hydrogen-bond donors (Lipinski definition) is 2. The quantitative estimate of drug-likeness (QED) is 0.398. The minimum Gasteiger partial charge on any atom is -0.467 e. The number of nitrogens with one attached hydrogen (secondary N) is 2. The molecule has 4 rings (SSSR count). The molecule has 9 heteroatoms. The number of amides is 3. The van der Waals surface area contributed by atoms with Crippen LogP contribution in [0.25, 0.3) is 0 Å². The van der Waals surface area contributed by atoms with Crippen LogP contribution in [0.2, 0.25) is 0 Å². The Hall–Kier alpha value is -4.66. The van der Waals surface area contributed by atoms with Crippen molar-refractivity contribution in [1.82, 2.24) is 15.6 Å². The molecule has 0 aliphatic carbocycles. The molecule has 0 saturated heterocycles. The van der Waals surface area contributed by atoms with Gasteiger partial charge in [0.25, 0.3) is 5.91 Å². The molecule has 0 unspecified atom stereocenters. The van der Waals surface area contributed by atoms with E-state index >= 15 is 0 Å². The molecule has 0 fully saturated rings. The molecule has 0 bridgehead atoms. The SMILES string of the molecule is O=C(NCC(=O)N(c1cccnc1)[C@H](C(=O)NCc1ccco1)c1ccccc1)c1ccco1. The summed E-state index contributed by atoms with van der Waals surface area (Å²) in [5.74, 6) is -0.809. The minimum atomic E-state index is -1.02. The average Bonchev–Trinajstić information content (AvgIpc) is 3.60. The summed E-state index contributed by atoms with van der Waals surface area (Å²) in [5, 5.41) is 5.37. The third-order valence-electron chi connectivity index (χ3n) is 4.98. The fourth-order valence-electron chi connectivity index (χ4n) is 3.41. The molecule has 34 heavy (non-hydrogen) atoms. The van der Waals surface area contributed by atoms with Crippen LogP contribution >= 0.6 is 0 Å². The maximum atomic E-state index is 13.4. The van der Waals surface area contributed by atoms with Crippen LogP contribution < -0.4 is 15.5 Å². The van der Waals surface area contributed by atoms with Crippen molar-refractivity contribution in [1.29, 1.82) is 0 Å². The number of anilines is 1. The molecule has 0 saturated carbocycles. The predicted molar refractivity (Wildman–Crippen MR) is 123 cm³/mol. The maximum Gasteiger partial charge on any atom is 0.287 e. The van der Waals surface area contributed by atoms with Crippen LogP contribution in [0, 0.1) is 0 Å². The number of carbonyl (C=O) groups is 3. The van der Waals surface area contributed by atoms with Gasteiger partial charge >= 0.3 is 0 Å². The molecule has 4 aromatic rings. The van der Waals surface area contributed by atoms with E-state index in [0.29, 0.717) is 17.0 Å². The largest absolute Gasteiger partial charge is 0.467 e. The molecule has 3 heterocycles. The Kier molecular flexibility index (Phi) is 7.14. The van der Waals surface area contributed by atoms with Crippen molar-refractivity contribution in [2.75, 3.05) is 11.4 Å². The summed E-state index contributed by atoms with van der Waals surface area (Å²) in [6, 6.07) is 17.8. The zero-order valence-corrected chi connectivity index (χ0v) is 18.1. The second-order valence-corrected chi connectivity index (χ2v) is 7.25. The van der Waals surface area contributed by atoms with Gasteiger partial charge in [-0.3, -0.25) is 24.3 Å². The summed E-state index contributed by atoms with van der Waals surface area (Å²) in [4.78, 5) is 44.6. The van der Waals surface area contributed by atoms with E-state index in [2.05, 4.69) is 15.6 Å². The van der Waals surface area contributed by atoms with E-state index in [-0.39, 0.29) is 18.8 Å². The van der Waals surface area contributed by atoms with Crippen LogP contribution in [0.4, 0.5) is 5.69 Å². The van der Waals surface area contributed by atoms with E-state index in [4.69, 9.17) is 8.83 Å². The minimum absolute atomic E-state index is 0.0801. The zero-order chi connectivity index (χ0) is 23.8. The van der Waals surface area contributed by atoms with Gasteiger partial charge < -0.3 is 19.5 Å². The van der Waals surface area contributed by atoms with Crippen LogP contribution in [0.3, 0.4) is 0 Å². The monoisotopic (exact) mass is 458 g/mol. The van der Waals surface area contributed by atoms with E-state index in [1.54, 1.807) is 60.8 Å². The van der Waals surface area contributed by atoms with E-state index < -0.39 is 23.8 Å². The van der Waals surface area contributed by atoms with E-state index in [0.717, 1.165) is 0 Å². The molecule has 0 spiro atoms. The normalized spacial score (nSPS) is 11.4. The predicted octanol–water partition coefficient (Wildman–Crippen LogP) is 3.09. The van der Waals surface area contributed by atoms with Gasteiger partial charge in [0.2, 0.25) is 11.8 Å². The second kappa shape index (κ2) is 10.8. The highest BCUT2D eigenvalue weighted by Gasteiger charge is 2.33. The molecule has 0 aliphatic heterocycles. The number of furan rings is 2. The molecule has 0 radical (unpaired) electrons. The molecule has 9 nitrogen and oxygen atoms in total. The van der Waals surface area contributed by atoms with Crippen molar-refractivity contribution < 1.29 is 23.2 Å². The number of nitrogens with zero attached hydrogens (tertiary/aromatic N) is 2. The van der Waals surface area contributed by atoms with Gasteiger partial charge in [0.15, 0.2) is 5.76 Å². The first-order valence-corrected chi connectivity index (χ1v) is 10.5. The van der Waals surface area contributed by atoms with Gasteiger partial charge in [0.1, 0.15) is 11.8 Å². The zero-order valence-electron chi connectivity index (χ0n) is 18.1. The Bertz CT molecular complexity index is 1210. The first-order valence-electron chi connectivity index (χ1n) is 10.5. The van der Waals surface area contributed by atoms with Gasteiger partial charge in [0, 0.05) is 6.20 Å². The Morgan fingerprint density at radius 3 is 2.35 bits per heavy atom. The molecule has 1 aromatic carbocycles. The van der Waals surface area contributed by atoms with E-state index in [9.17, 15) is 14.4 Å². The summed E-state index contributed by atoms with van der Waals surface area (Å²) in [5.41, 5.74) is 0.996. The van der Waals surface area contributed by atoms with Gasteiger partial charge in [-0.1, -0.05) is 30.3 Å². The van der Waals surface area contributed by atoms with Gasteiger partial charge in [0.05, 0.1) is 37.5 Å². The van der Waals surface area contributed by atoms with Crippen LogP contribution in [0.15, 0.2) is 100 Å². The molecular weight excluding hydrogens is 436 g/mol. The van der Waals surface area contributed by atoms with E-state index in [1.807, 2.05) is 6.07 Å². The lowest BCUT2D eigenvalue weighted by atomic mass is 10.0. The molecular formula is C25H22N4O5. The molecule has 0 aliphatic rings. The Morgan fingerprint density at radius 1 is 0.882 bits per heavy atom. The third kappa shape index (κ3) is 5.39. The van der Waals surface area contributed by atoms with Crippen LogP contribution in [0.1, 0.15) is 27.9 Å². The van der Waals surface area contributed by atoms with Crippen LogP contribution in [0.5, 0.6) is 0 Å². The number of hydrogen-bond acceptors (Lipinski definition) is 6. The average molecular weight is 458 g/mol. The molecule has 2 N–H and O–H groups in total. The van der Waals surface area contributed by atoms with Crippen molar-refractivity contribution in [3.05, 3.63) is 109 Å². The van der Waals surface area contributed by atoms with Gasteiger partial charge in [-0.15, -0.1) is 0 Å². The smallest absolute Gasteiger partial charge is 0.287 e. The first kappa shape index (κ1) is 22.5. The fourth-order valence-corrected chi connectivity index (χ4v) is 3.41. The maximum absolute atomic E-state index is 13.4. The lowest BCUT2D eigenvalue weighted by molar-refractivity contribution is -0.126. The Balaban J connectivity index is 1.63. The molecule has 3 aromatic heterocycles. The van der Waals surface area contributed by atoms with Crippen molar-refractivity contribution in [3.8, 4) is 0 Å². The molecule has 172 valence electrons. The highest BCUT2D eigenvalue weighted by atomic mass is 16.3. The second-order valence-electron chi connectivity index (χ2n) is 7.25. The topological polar surface area (TPSA) is 118 Å². The summed E-state index contributed by atoms with van der Waals surface area (Å²) >= 11 is 0. The van der Waals surface area contributed by atoms with Crippen molar-refractivity contribution >= 4 is 23.4 Å². The number of carbonyl (C=O) groups excluding carboxylic acids is 3. The number of pyridine rings is 1. The van der Waals surface area contributed by atoms with Crippen LogP contribution in [-0.2, 0) is 16.1 Å². The number of benzene rings is 1. The fraction of sp³-hybridized carbons (Fsp3) is 0.120. The third-order valence-corrected chi connectivity index (χ3v) is 4.98. The molecule has 3 amide bonds. The van der Waals surface area contributed by atoms with Gasteiger partial charge in [-0.25, -0.2) is 0 Å². The van der Waals surface area contributed by atoms with Gasteiger partial charge in [-0.2, -0.15) is 0 Å². The molecule has 1 atom stereocenters. The summed E-state index contributed by atoms with van der Waals surface area (Å²) in [6.07, 6.45) is 5.94. The van der Waals surface area contributed by atoms with Crippen LogP contribution in [-0.4, -0.2) is 29.3 Å².